The molecule has 1 aliphatic carbocycles. The molecule has 4 aromatic rings. The van der Waals surface area contributed by atoms with Crippen molar-refractivity contribution in [3.8, 4) is 11.3 Å². The summed E-state index contributed by atoms with van der Waals surface area (Å²) < 4.78 is 13.3. The number of thiazole rings is 1. The van der Waals surface area contributed by atoms with Crippen LogP contribution in [0.2, 0.25) is 10.0 Å². The van der Waals surface area contributed by atoms with E-state index in [1.54, 1.807) is 29.5 Å². The van der Waals surface area contributed by atoms with E-state index in [1.807, 2.05) is 18.2 Å². The van der Waals surface area contributed by atoms with Gasteiger partial charge in [0.05, 0.1) is 38.5 Å². The Balaban J connectivity index is 1.12. The number of aromatic carboxylic acids is 1. The molecular weight excluding hydrogens is 557 g/mol. The Bertz CT molecular complexity index is 1560. The highest BCUT2D eigenvalue weighted by molar-refractivity contribution is 7.22. The van der Waals surface area contributed by atoms with Crippen LogP contribution in [0.15, 0.2) is 40.9 Å². The lowest BCUT2D eigenvalue weighted by atomic mass is 9.97. The Hall–Kier alpha value is -2.65. The lowest BCUT2D eigenvalue weighted by Gasteiger charge is -2.39. The van der Waals surface area contributed by atoms with Gasteiger partial charge in [-0.1, -0.05) is 52.7 Å². The molecule has 2 aliphatic heterocycles. The molecule has 4 unspecified atom stereocenters. The molecule has 10 heteroatoms. The Labute approximate surface area is 239 Å². The molecule has 1 saturated carbocycles. The standard InChI is InChI=1S/C29H27Cl2N3O4S/c1-14-9-17-11-18(12-23(14)34(17)29-32-22-8-7-16(28(35)36)10-24(22)39-29)37-13-19-26(33-38-27(19)15-5-6-15)25-20(30)3-2-4-21(25)31/h2-4,7-8,10,14-15,17-18,23H,5-6,9,11-13H2,1H3,(H,35,36). The summed E-state index contributed by atoms with van der Waals surface area (Å²) in [7, 11) is 0. The van der Waals surface area contributed by atoms with Crippen LogP contribution in [-0.4, -0.2) is 39.4 Å². The van der Waals surface area contributed by atoms with Crippen molar-refractivity contribution < 1.29 is 19.2 Å². The van der Waals surface area contributed by atoms with Crippen molar-refractivity contribution in [1.29, 1.82) is 0 Å². The lowest BCUT2D eigenvalue weighted by Crippen LogP contribution is -2.46. The number of hydrogen-bond donors (Lipinski definition) is 1. The number of anilines is 1. The first-order valence-electron chi connectivity index (χ1n) is 13.3. The number of benzene rings is 2. The summed E-state index contributed by atoms with van der Waals surface area (Å²) in [5.41, 5.74) is 3.46. The third kappa shape index (κ3) is 4.51. The normalized spacial score (nSPS) is 24.5. The van der Waals surface area contributed by atoms with Gasteiger partial charge in [0, 0.05) is 29.1 Å². The van der Waals surface area contributed by atoms with Crippen LogP contribution in [0.4, 0.5) is 5.13 Å². The van der Waals surface area contributed by atoms with Gasteiger partial charge in [0.2, 0.25) is 0 Å². The monoisotopic (exact) mass is 583 g/mol. The Morgan fingerprint density at radius 2 is 1.97 bits per heavy atom. The molecule has 2 saturated heterocycles. The largest absolute Gasteiger partial charge is 0.478 e. The number of nitrogens with zero attached hydrogens (tertiary/aromatic N) is 3. The minimum absolute atomic E-state index is 0.103. The van der Waals surface area contributed by atoms with Crippen molar-refractivity contribution in [2.45, 2.75) is 69.7 Å². The smallest absolute Gasteiger partial charge is 0.335 e. The molecule has 7 rings (SSSR count). The first-order chi connectivity index (χ1) is 18.9. The van der Waals surface area contributed by atoms with Gasteiger partial charge in [-0.05, 0) is 68.4 Å². The average Bonchev–Trinajstić information content (AvgIpc) is 3.47. The maximum Gasteiger partial charge on any atom is 0.335 e. The molecule has 39 heavy (non-hydrogen) atoms. The topological polar surface area (TPSA) is 88.7 Å². The van der Waals surface area contributed by atoms with E-state index in [1.165, 1.54) is 0 Å². The van der Waals surface area contributed by atoms with Gasteiger partial charge in [0.25, 0.3) is 0 Å². The molecule has 1 N–H and O–H groups in total. The van der Waals surface area contributed by atoms with Gasteiger partial charge in [-0.25, -0.2) is 9.78 Å². The fourth-order valence-corrected chi connectivity index (χ4v) is 8.02. The molecule has 4 atom stereocenters. The molecule has 2 aromatic carbocycles. The quantitative estimate of drug-likeness (QED) is 0.237. The van der Waals surface area contributed by atoms with E-state index in [0.717, 1.165) is 58.8 Å². The van der Waals surface area contributed by atoms with Crippen LogP contribution in [0.1, 0.15) is 66.6 Å². The van der Waals surface area contributed by atoms with E-state index in [2.05, 4.69) is 17.0 Å². The number of hydrogen-bond acceptors (Lipinski definition) is 7. The van der Waals surface area contributed by atoms with Crippen LogP contribution < -0.4 is 4.90 Å². The van der Waals surface area contributed by atoms with E-state index in [9.17, 15) is 9.90 Å². The summed E-state index contributed by atoms with van der Waals surface area (Å²) in [6, 6.07) is 11.3. The minimum atomic E-state index is -0.920. The van der Waals surface area contributed by atoms with Gasteiger partial charge in [-0.15, -0.1) is 0 Å². The van der Waals surface area contributed by atoms with Crippen LogP contribution in [-0.2, 0) is 11.3 Å². The van der Waals surface area contributed by atoms with E-state index < -0.39 is 5.97 Å². The molecule has 3 fully saturated rings. The van der Waals surface area contributed by atoms with E-state index >= 15 is 0 Å². The lowest BCUT2D eigenvalue weighted by molar-refractivity contribution is 0.0136. The summed E-state index contributed by atoms with van der Waals surface area (Å²) in [4.78, 5) is 18.8. The number of aromatic nitrogens is 2. The van der Waals surface area contributed by atoms with Gasteiger partial charge in [-0.3, -0.25) is 0 Å². The molecule has 7 nitrogen and oxygen atoms in total. The van der Waals surface area contributed by atoms with E-state index in [-0.39, 0.29) is 11.7 Å². The number of ether oxygens (including phenoxy) is 1. The predicted molar refractivity (Wildman–Crippen MR) is 152 cm³/mol. The Morgan fingerprint density at radius 1 is 1.18 bits per heavy atom. The second kappa shape index (κ2) is 9.77. The van der Waals surface area contributed by atoms with Crippen molar-refractivity contribution in [2.24, 2.45) is 5.92 Å². The molecule has 2 bridgehead atoms. The molecule has 3 aliphatic rings. The van der Waals surface area contributed by atoms with Gasteiger partial charge < -0.3 is 19.3 Å². The second-order valence-corrected chi connectivity index (χ2v) is 12.8. The highest BCUT2D eigenvalue weighted by Gasteiger charge is 2.46. The zero-order valence-electron chi connectivity index (χ0n) is 21.3. The first-order valence-corrected chi connectivity index (χ1v) is 14.9. The number of piperidine rings is 1. The number of fused-ring (bicyclic) bond motifs is 3. The summed E-state index contributed by atoms with van der Waals surface area (Å²) in [6.07, 6.45) is 5.18. The number of rotatable bonds is 7. The number of carboxylic acid groups (broad SMARTS) is 1. The van der Waals surface area contributed by atoms with Crippen molar-refractivity contribution in [3.05, 3.63) is 63.3 Å². The van der Waals surface area contributed by atoms with Crippen molar-refractivity contribution in [1.82, 2.24) is 10.1 Å². The van der Waals surface area contributed by atoms with Gasteiger partial charge in [-0.2, -0.15) is 0 Å². The molecule has 202 valence electrons. The SMILES string of the molecule is CC1CC2CC(OCc3c(-c4c(Cl)cccc4Cl)noc3C3CC3)CC1N2c1nc2ccc(C(=O)O)cc2s1. The van der Waals surface area contributed by atoms with Gasteiger partial charge in [0.1, 0.15) is 11.5 Å². The van der Waals surface area contributed by atoms with E-state index in [4.69, 9.17) is 37.4 Å². The van der Waals surface area contributed by atoms with E-state index in [0.29, 0.717) is 51.8 Å². The maximum absolute atomic E-state index is 11.4. The number of halogens is 2. The average molecular weight is 585 g/mol. The molecular formula is C29H27Cl2N3O4S. The number of carboxylic acids is 1. The first kappa shape index (κ1) is 25.3. The zero-order chi connectivity index (χ0) is 26.8. The van der Waals surface area contributed by atoms with Crippen LogP contribution in [0.3, 0.4) is 0 Å². The highest BCUT2D eigenvalue weighted by atomic mass is 35.5. The van der Waals surface area contributed by atoms with Crippen LogP contribution >= 0.6 is 34.5 Å². The van der Waals surface area contributed by atoms with Gasteiger partial charge >= 0.3 is 5.97 Å². The molecule has 2 aromatic heterocycles. The second-order valence-electron chi connectivity index (χ2n) is 11.0. The third-order valence-corrected chi connectivity index (χ3v) is 10.0. The predicted octanol–water partition coefficient (Wildman–Crippen LogP) is 7.80. The third-order valence-electron chi connectivity index (χ3n) is 8.37. The van der Waals surface area contributed by atoms with Crippen LogP contribution in [0.5, 0.6) is 0 Å². The van der Waals surface area contributed by atoms with Gasteiger partial charge in [0.15, 0.2) is 5.13 Å². The summed E-state index contributed by atoms with van der Waals surface area (Å²) in [5, 5.41) is 15.8. The summed E-state index contributed by atoms with van der Waals surface area (Å²) >= 11 is 14.6. The molecule has 0 spiro atoms. The maximum atomic E-state index is 11.4. The number of carbonyl (C=O) groups is 1. The highest BCUT2D eigenvalue weighted by Crippen LogP contribution is 2.48. The van der Waals surface area contributed by atoms with Crippen molar-refractivity contribution in [2.75, 3.05) is 4.90 Å². The molecule has 0 radical (unpaired) electrons. The molecule has 4 heterocycles. The van der Waals surface area contributed by atoms with Crippen LogP contribution in [0.25, 0.3) is 21.5 Å². The fourth-order valence-electron chi connectivity index (χ4n) is 6.31. The minimum Gasteiger partial charge on any atom is -0.478 e. The summed E-state index contributed by atoms with van der Waals surface area (Å²) in [5.74, 6) is 0.867. The van der Waals surface area contributed by atoms with Crippen molar-refractivity contribution in [3.63, 3.8) is 0 Å². The Morgan fingerprint density at radius 3 is 2.69 bits per heavy atom. The summed E-state index contributed by atoms with van der Waals surface area (Å²) in [6.45, 7) is 2.71. The van der Waals surface area contributed by atoms with Crippen molar-refractivity contribution >= 4 is 55.9 Å². The zero-order valence-corrected chi connectivity index (χ0v) is 23.6. The molecule has 0 amide bonds. The van der Waals surface area contributed by atoms with Crippen LogP contribution in [0, 0.1) is 5.92 Å². The fraction of sp³-hybridized carbons (Fsp3) is 0.414. The Kier molecular flexibility index (Phi) is 6.34.